The average Bonchev–Trinajstić information content (AvgIpc) is 2.56. The van der Waals surface area contributed by atoms with Crippen LogP contribution in [-0.4, -0.2) is 29.9 Å². The molecule has 0 spiro atoms. The van der Waals surface area contributed by atoms with Gasteiger partial charge in [0.2, 0.25) is 0 Å². The van der Waals surface area contributed by atoms with E-state index < -0.39 is 28.5 Å². The first kappa shape index (κ1) is 15.9. The number of pyridine rings is 1. The van der Waals surface area contributed by atoms with E-state index in [1.54, 1.807) is 30.3 Å². The van der Waals surface area contributed by atoms with E-state index in [1.807, 2.05) is 0 Å². The van der Waals surface area contributed by atoms with Crippen LogP contribution in [0.1, 0.15) is 10.4 Å². The summed E-state index contributed by atoms with van der Waals surface area (Å²) in [6.45, 7) is 0. The van der Waals surface area contributed by atoms with Gasteiger partial charge in [-0.25, -0.2) is 4.79 Å². The predicted molar refractivity (Wildman–Crippen MR) is 87.9 cm³/mol. The van der Waals surface area contributed by atoms with E-state index in [0.717, 1.165) is 21.8 Å². The lowest BCUT2D eigenvalue weighted by atomic mass is 10.1. The summed E-state index contributed by atoms with van der Waals surface area (Å²) in [6, 6.07) is 12.1. The van der Waals surface area contributed by atoms with Gasteiger partial charge in [0.25, 0.3) is 0 Å². The second-order valence-electron chi connectivity index (χ2n) is 4.87. The number of carboxylic acid groups (broad SMARTS) is 1. The molecule has 0 radical (unpaired) electrons. The van der Waals surface area contributed by atoms with Gasteiger partial charge in [-0.2, -0.15) is 0 Å². The second kappa shape index (κ2) is 6.26. The number of para-hydroxylation sites is 1. The molecule has 1 atom stereocenters. The Morgan fingerprint density at radius 1 is 1.17 bits per heavy atom. The molecule has 1 heterocycles. The van der Waals surface area contributed by atoms with E-state index in [0.29, 0.717) is 5.52 Å². The van der Waals surface area contributed by atoms with Crippen LogP contribution < -0.4 is 4.31 Å². The maximum atomic E-state index is 11.8. The number of phenols is 1. The minimum absolute atomic E-state index is 0.0803. The molecule has 7 nitrogen and oxygen atoms in total. The van der Waals surface area contributed by atoms with Gasteiger partial charge in [-0.3, -0.25) is 13.5 Å². The maximum Gasteiger partial charge on any atom is 0.339 e. The lowest BCUT2D eigenvalue weighted by Gasteiger charge is -2.27. The van der Waals surface area contributed by atoms with Crippen LogP contribution in [0.25, 0.3) is 10.9 Å². The molecule has 3 rings (SSSR count). The zero-order valence-corrected chi connectivity index (χ0v) is 12.9. The van der Waals surface area contributed by atoms with Gasteiger partial charge < -0.3 is 14.8 Å². The number of aromatic nitrogens is 1. The molecule has 1 aromatic heterocycles. The highest BCUT2D eigenvalue weighted by Gasteiger charge is 2.18. The summed E-state index contributed by atoms with van der Waals surface area (Å²) in [5, 5.41) is 19.4. The van der Waals surface area contributed by atoms with Crippen LogP contribution in [0, 0.1) is 0 Å². The van der Waals surface area contributed by atoms with Crippen LogP contribution in [0.2, 0.25) is 0 Å². The van der Waals surface area contributed by atoms with Gasteiger partial charge in [-0.15, -0.1) is 0 Å². The number of rotatable bonds is 4. The first-order valence-corrected chi connectivity index (χ1v) is 7.82. The molecular formula is C16H11N2O5S-. The largest absolute Gasteiger partial charge is 0.755 e. The maximum absolute atomic E-state index is 11.8. The number of benzene rings is 2. The Hall–Kier alpha value is -2.97. The van der Waals surface area contributed by atoms with Gasteiger partial charge in [0.1, 0.15) is 11.3 Å². The summed E-state index contributed by atoms with van der Waals surface area (Å²) >= 11 is -2.72. The summed E-state index contributed by atoms with van der Waals surface area (Å²) < 4.78 is 24.5. The van der Waals surface area contributed by atoms with E-state index in [4.69, 9.17) is 5.11 Å². The fourth-order valence-corrected chi connectivity index (χ4v) is 2.97. The van der Waals surface area contributed by atoms with Crippen LogP contribution in [0.5, 0.6) is 5.75 Å². The number of hydrogen-bond acceptors (Lipinski definition) is 5. The van der Waals surface area contributed by atoms with Crippen molar-refractivity contribution in [1.29, 1.82) is 0 Å². The fourth-order valence-electron chi connectivity index (χ4n) is 2.38. The van der Waals surface area contributed by atoms with Gasteiger partial charge in [0.05, 0.1) is 28.2 Å². The molecule has 3 aromatic rings. The zero-order valence-electron chi connectivity index (χ0n) is 12.1. The number of nitrogens with zero attached hydrogens (tertiary/aromatic N) is 2. The molecule has 0 aliphatic carbocycles. The van der Waals surface area contributed by atoms with Crippen molar-refractivity contribution in [3.8, 4) is 5.75 Å². The van der Waals surface area contributed by atoms with E-state index in [1.165, 1.54) is 12.3 Å². The number of anilines is 2. The normalized spacial score (nSPS) is 12.0. The summed E-state index contributed by atoms with van der Waals surface area (Å²) in [5.74, 6) is -1.80. The van der Waals surface area contributed by atoms with E-state index in [-0.39, 0.29) is 11.4 Å². The number of carboxylic acids is 1. The third kappa shape index (κ3) is 2.80. The SMILES string of the molecule is O=C(O)c1cc(N(c2cccc3cccnc23)S(=O)[O-])ccc1O. The number of aromatic carboxylic acids is 1. The smallest absolute Gasteiger partial charge is 0.339 e. The fraction of sp³-hybridized carbons (Fsp3) is 0. The van der Waals surface area contributed by atoms with Crippen LogP contribution in [-0.2, 0) is 11.3 Å². The van der Waals surface area contributed by atoms with Gasteiger partial charge in [0.15, 0.2) is 0 Å². The lowest BCUT2D eigenvalue weighted by Crippen LogP contribution is -2.20. The lowest BCUT2D eigenvalue weighted by molar-refractivity contribution is 0.0693. The average molecular weight is 343 g/mol. The standard InChI is InChI=1S/C16H12N2O5S/c19-14-7-6-11(9-12(14)16(20)21)18(24(22)23)13-5-1-3-10-4-2-8-17-15(10)13/h1-9,19H,(H,20,21)(H,22,23)/p-1. The highest BCUT2D eigenvalue weighted by atomic mass is 32.2. The minimum atomic E-state index is -2.72. The quantitative estimate of drug-likeness (QED) is 0.704. The third-order valence-electron chi connectivity index (χ3n) is 3.42. The molecular weight excluding hydrogens is 332 g/mol. The highest BCUT2D eigenvalue weighted by molar-refractivity contribution is 7.81. The molecule has 8 heteroatoms. The first-order valence-electron chi connectivity index (χ1n) is 6.78. The van der Waals surface area contributed by atoms with E-state index in [9.17, 15) is 18.7 Å². The van der Waals surface area contributed by atoms with Crippen molar-refractivity contribution in [2.75, 3.05) is 4.31 Å². The van der Waals surface area contributed by atoms with Gasteiger partial charge in [-0.05, 0) is 30.3 Å². The van der Waals surface area contributed by atoms with Crippen molar-refractivity contribution in [2.45, 2.75) is 0 Å². The van der Waals surface area contributed by atoms with E-state index in [2.05, 4.69) is 4.98 Å². The van der Waals surface area contributed by atoms with Gasteiger partial charge in [0, 0.05) is 11.6 Å². The Labute approximate surface area is 139 Å². The second-order valence-corrected chi connectivity index (χ2v) is 5.67. The van der Waals surface area contributed by atoms with Crippen molar-refractivity contribution in [3.05, 3.63) is 60.3 Å². The Morgan fingerprint density at radius 2 is 1.92 bits per heavy atom. The number of aromatic hydroxyl groups is 1. The first-order chi connectivity index (χ1) is 11.5. The van der Waals surface area contributed by atoms with Crippen molar-refractivity contribution in [1.82, 2.24) is 4.98 Å². The minimum Gasteiger partial charge on any atom is -0.755 e. The number of carbonyl (C=O) groups is 1. The molecule has 122 valence electrons. The van der Waals surface area contributed by atoms with Gasteiger partial charge in [-0.1, -0.05) is 18.2 Å². The number of hydrogen-bond donors (Lipinski definition) is 2. The van der Waals surface area contributed by atoms with Crippen molar-refractivity contribution < 1.29 is 23.8 Å². The summed E-state index contributed by atoms with van der Waals surface area (Å²) in [7, 11) is 0. The topological polar surface area (TPSA) is 114 Å². The van der Waals surface area contributed by atoms with Crippen molar-refractivity contribution in [2.24, 2.45) is 0 Å². The Kier molecular flexibility index (Phi) is 4.15. The van der Waals surface area contributed by atoms with Crippen molar-refractivity contribution >= 4 is 39.5 Å². The summed E-state index contributed by atoms with van der Waals surface area (Å²) in [4.78, 5) is 15.4. The Morgan fingerprint density at radius 3 is 2.62 bits per heavy atom. The van der Waals surface area contributed by atoms with Crippen LogP contribution in [0.15, 0.2) is 54.7 Å². The van der Waals surface area contributed by atoms with E-state index >= 15 is 0 Å². The molecule has 0 bridgehead atoms. The predicted octanol–water partition coefficient (Wildman–Crippen LogP) is 2.57. The molecule has 2 aromatic carbocycles. The van der Waals surface area contributed by atoms with Crippen molar-refractivity contribution in [3.63, 3.8) is 0 Å². The monoisotopic (exact) mass is 343 g/mol. The summed E-state index contributed by atoms with van der Waals surface area (Å²) in [6.07, 6.45) is 1.54. The molecule has 0 amide bonds. The van der Waals surface area contributed by atoms with Gasteiger partial charge >= 0.3 is 5.97 Å². The molecule has 0 saturated carbocycles. The zero-order chi connectivity index (χ0) is 17.3. The van der Waals surface area contributed by atoms with Crippen LogP contribution in [0.4, 0.5) is 11.4 Å². The summed E-state index contributed by atoms with van der Waals surface area (Å²) in [5.41, 5.74) is 0.422. The molecule has 24 heavy (non-hydrogen) atoms. The highest BCUT2D eigenvalue weighted by Crippen LogP contribution is 2.34. The Bertz CT molecular complexity index is 955. The molecule has 0 fully saturated rings. The number of fused-ring (bicyclic) bond motifs is 1. The third-order valence-corrected chi connectivity index (χ3v) is 4.13. The molecule has 0 aliphatic heterocycles. The van der Waals surface area contributed by atoms with Crippen LogP contribution in [0.3, 0.4) is 0 Å². The Balaban J connectivity index is 2.23. The molecule has 2 N–H and O–H groups in total. The van der Waals surface area contributed by atoms with Crippen LogP contribution >= 0.6 is 0 Å². The molecule has 1 unspecified atom stereocenters. The molecule has 0 saturated heterocycles. The molecule has 0 aliphatic rings.